The van der Waals surface area contributed by atoms with Gasteiger partial charge in [-0.25, -0.2) is 9.78 Å². The van der Waals surface area contributed by atoms with E-state index in [2.05, 4.69) is 4.98 Å². The molecular weight excluding hydrogens is 519 g/mol. The Morgan fingerprint density at radius 3 is 2.71 bits per heavy atom. The lowest BCUT2D eigenvalue weighted by Gasteiger charge is -2.28. The summed E-state index contributed by atoms with van der Waals surface area (Å²) in [6.45, 7) is 3.05. The number of aromatic carboxylic acids is 1. The molecule has 38 heavy (non-hydrogen) atoms. The Morgan fingerprint density at radius 1 is 1.18 bits per heavy atom. The van der Waals surface area contributed by atoms with Crippen molar-refractivity contribution in [3.8, 4) is 5.75 Å². The summed E-state index contributed by atoms with van der Waals surface area (Å²) in [5, 5.41) is 10.3. The van der Waals surface area contributed by atoms with Crippen LogP contribution in [0.3, 0.4) is 0 Å². The first kappa shape index (κ1) is 25.8. The summed E-state index contributed by atoms with van der Waals surface area (Å²) >= 11 is 0.707. The number of hydrogen-bond acceptors (Lipinski definition) is 5. The van der Waals surface area contributed by atoms with Gasteiger partial charge >= 0.3 is 12.1 Å². The molecule has 0 unspecified atom stereocenters. The predicted molar refractivity (Wildman–Crippen MR) is 136 cm³/mol. The standard InChI is InChI=1S/C27H24F3N3O4S/c1-2-37-22-12-16(5-7-20(22)26(35)36)13-24(34)32-11-9-18-19-4-3-10-31-25(19)33(21(18)15-32)14-17-6-8-23(38-17)27(28,29)30/h3-8,10,12H,2,9,11,13-15H2,1H3,(H,35,36). The summed E-state index contributed by atoms with van der Waals surface area (Å²) in [7, 11) is 0. The summed E-state index contributed by atoms with van der Waals surface area (Å²) < 4.78 is 46.9. The summed E-state index contributed by atoms with van der Waals surface area (Å²) in [5.41, 5.74) is 3.25. The molecule has 1 aliphatic heterocycles. The fourth-order valence-electron chi connectivity index (χ4n) is 4.83. The van der Waals surface area contributed by atoms with Gasteiger partial charge in [0.1, 0.15) is 21.8 Å². The molecule has 198 valence electrons. The third kappa shape index (κ3) is 4.98. The number of aromatic nitrogens is 2. The van der Waals surface area contributed by atoms with Crippen LogP contribution in [0, 0.1) is 0 Å². The van der Waals surface area contributed by atoms with Crippen LogP contribution in [-0.4, -0.2) is 44.6 Å². The van der Waals surface area contributed by atoms with Crippen molar-refractivity contribution in [2.45, 2.75) is 39.0 Å². The van der Waals surface area contributed by atoms with Gasteiger partial charge in [0, 0.05) is 28.7 Å². The molecule has 0 saturated heterocycles. The first-order chi connectivity index (χ1) is 18.2. The van der Waals surface area contributed by atoms with E-state index in [0.717, 1.165) is 22.7 Å². The molecule has 1 amide bonds. The van der Waals surface area contributed by atoms with Crippen molar-refractivity contribution in [1.82, 2.24) is 14.5 Å². The van der Waals surface area contributed by atoms with Crippen LogP contribution in [0.25, 0.3) is 11.0 Å². The lowest BCUT2D eigenvalue weighted by Crippen LogP contribution is -2.37. The maximum absolute atomic E-state index is 13.3. The number of benzene rings is 1. The molecular formula is C27H24F3N3O4S. The largest absolute Gasteiger partial charge is 0.493 e. The molecule has 3 aromatic heterocycles. The zero-order chi connectivity index (χ0) is 27.0. The zero-order valence-corrected chi connectivity index (χ0v) is 21.2. The first-order valence-electron chi connectivity index (χ1n) is 12.0. The van der Waals surface area contributed by atoms with Crippen LogP contribution in [0.15, 0.2) is 48.7 Å². The Hall–Kier alpha value is -3.86. The van der Waals surface area contributed by atoms with Crippen molar-refractivity contribution in [3.05, 3.63) is 80.8 Å². The Balaban J connectivity index is 1.41. The highest BCUT2D eigenvalue weighted by molar-refractivity contribution is 7.12. The number of rotatable bonds is 7. The second kappa shape index (κ2) is 10.1. The van der Waals surface area contributed by atoms with E-state index >= 15 is 0 Å². The number of fused-ring (bicyclic) bond motifs is 3. The molecule has 0 radical (unpaired) electrons. The number of pyridine rings is 1. The number of carbonyl (C=O) groups excluding carboxylic acids is 1. The molecule has 11 heteroatoms. The maximum atomic E-state index is 13.3. The van der Waals surface area contributed by atoms with E-state index in [1.807, 2.05) is 16.7 Å². The first-order valence-corrected chi connectivity index (χ1v) is 12.8. The molecule has 5 rings (SSSR count). The van der Waals surface area contributed by atoms with E-state index in [0.29, 0.717) is 53.5 Å². The number of halogens is 3. The van der Waals surface area contributed by atoms with Crippen LogP contribution in [0.1, 0.15) is 43.9 Å². The Kier molecular flexibility index (Phi) is 6.87. The van der Waals surface area contributed by atoms with Crippen molar-refractivity contribution in [2.75, 3.05) is 13.2 Å². The van der Waals surface area contributed by atoms with Crippen LogP contribution < -0.4 is 4.74 Å². The number of amides is 1. The second-order valence-electron chi connectivity index (χ2n) is 8.96. The molecule has 0 bridgehead atoms. The van der Waals surface area contributed by atoms with E-state index in [9.17, 15) is 27.9 Å². The van der Waals surface area contributed by atoms with Gasteiger partial charge in [0.05, 0.1) is 26.1 Å². The number of carboxylic acid groups (broad SMARTS) is 1. The van der Waals surface area contributed by atoms with Crippen LogP contribution >= 0.6 is 11.3 Å². The van der Waals surface area contributed by atoms with Gasteiger partial charge in [-0.1, -0.05) is 6.07 Å². The molecule has 0 fully saturated rings. The van der Waals surface area contributed by atoms with E-state index in [1.165, 1.54) is 12.1 Å². The quantitative estimate of drug-likeness (QED) is 0.338. The smallest absolute Gasteiger partial charge is 0.425 e. The monoisotopic (exact) mass is 543 g/mol. The van der Waals surface area contributed by atoms with Gasteiger partial charge in [0.2, 0.25) is 5.91 Å². The normalized spacial score (nSPS) is 13.5. The number of carboxylic acids is 1. The minimum Gasteiger partial charge on any atom is -0.493 e. The lowest BCUT2D eigenvalue weighted by molar-refractivity contribution is -0.134. The summed E-state index contributed by atoms with van der Waals surface area (Å²) in [4.78, 5) is 30.9. The number of nitrogens with zero attached hydrogens (tertiary/aromatic N) is 3. The highest BCUT2D eigenvalue weighted by Crippen LogP contribution is 2.36. The molecule has 1 aromatic carbocycles. The third-order valence-corrected chi connectivity index (χ3v) is 7.67. The second-order valence-corrected chi connectivity index (χ2v) is 10.1. The number of hydrogen-bond donors (Lipinski definition) is 1. The van der Waals surface area contributed by atoms with Crippen molar-refractivity contribution in [3.63, 3.8) is 0 Å². The average molecular weight is 544 g/mol. The fourth-order valence-corrected chi connectivity index (χ4v) is 5.69. The van der Waals surface area contributed by atoms with Gasteiger partial charge in [0.25, 0.3) is 0 Å². The van der Waals surface area contributed by atoms with Crippen molar-refractivity contribution >= 4 is 34.2 Å². The lowest BCUT2D eigenvalue weighted by atomic mass is 10.0. The van der Waals surface area contributed by atoms with Gasteiger partial charge in [-0.3, -0.25) is 4.79 Å². The molecule has 0 atom stereocenters. The molecule has 4 aromatic rings. The zero-order valence-electron chi connectivity index (χ0n) is 20.4. The molecule has 4 heterocycles. The van der Waals surface area contributed by atoms with Gasteiger partial charge in [-0.05, 0) is 60.9 Å². The number of carbonyl (C=O) groups is 2. The minimum absolute atomic E-state index is 0.0324. The van der Waals surface area contributed by atoms with Crippen molar-refractivity contribution in [1.29, 1.82) is 0 Å². The molecule has 7 nitrogen and oxygen atoms in total. The van der Waals surface area contributed by atoms with Crippen LogP contribution in [0.2, 0.25) is 0 Å². The molecule has 1 N–H and O–H groups in total. The summed E-state index contributed by atoms with van der Waals surface area (Å²) in [6, 6.07) is 11.0. The van der Waals surface area contributed by atoms with E-state index < -0.39 is 17.0 Å². The fraction of sp³-hybridized carbons (Fsp3) is 0.296. The van der Waals surface area contributed by atoms with E-state index in [4.69, 9.17) is 4.74 Å². The predicted octanol–water partition coefficient (Wildman–Crippen LogP) is 5.39. The maximum Gasteiger partial charge on any atom is 0.425 e. The Morgan fingerprint density at radius 2 is 2.00 bits per heavy atom. The number of thiophene rings is 1. The summed E-state index contributed by atoms with van der Waals surface area (Å²) in [5.74, 6) is -1.03. The average Bonchev–Trinajstić information content (AvgIpc) is 3.48. The number of alkyl halides is 3. The Bertz CT molecular complexity index is 1530. The molecule has 0 saturated carbocycles. The van der Waals surface area contributed by atoms with Gasteiger partial charge in [0.15, 0.2) is 0 Å². The Labute approximate surface area is 220 Å². The molecule has 0 aliphatic carbocycles. The topological polar surface area (TPSA) is 84.7 Å². The SMILES string of the molecule is CCOc1cc(CC(=O)N2CCc3c(n(Cc4ccc(C(F)(F)F)s4)c4ncccc34)C2)ccc1C(=O)O. The van der Waals surface area contributed by atoms with E-state index in [1.54, 1.807) is 30.2 Å². The third-order valence-electron chi connectivity index (χ3n) is 6.55. The van der Waals surface area contributed by atoms with Gasteiger partial charge in [-0.2, -0.15) is 13.2 Å². The van der Waals surface area contributed by atoms with E-state index in [-0.39, 0.29) is 30.2 Å². The van der Waals surface area contributed by atoms with Gasteiger partial charge in [-0.15, -0.1) is 11.3 Å². The van der Waals surface area contributed by atoms with Gasteiger partial charge < -0.3 is 19.3 Å². The summed E-state index contributed by atoms with van der Waals surface area (Å²) in [6.07, 6.45) is -2.09. The molecule has 1 aliphatic rings. The van der Waals surface area contributed by atoms with Crippen molar-refractivity contribution < 1.29 is 32.6 Å². The van der Waals surface area contributed by atoms with Crippen LogP contribution in [-0.2, 0) is 36.9 Å². The highest BCUT2D eigenvalue weighted by atomic mass is 32.1. The minimum atomic E-state index is -4.40. The van der Waals surface area contributed by atoms with Crippen molar-refractivity contribution in [2.24, 2.45) is 0 Å². The number of ether oxygens (including phenoxy) is 1. The molecule has 0 spiro atoms. The van der Waals surface area contributed by atoms with Crippen LogP contribution in [0.4, 0.5) is 13.2 Å². The highest BCUT2D eigenvalue weighted by Gasteiger charge is 2.33. The van der Waals surface area contributed by atoms with Crippen LogP contribution in [0.5, 0.6) is 5.75 Å².